The van der Waals surface area contributed by atoms with E-state index in [1.165, 1.54) is 11.3 Å². The van der Waals surface area contributed by atoms with Crippen LogP contribution in [0.4, 0.5) is 4.39 Å². The van der Waals surface area contributed by atoms with Crippen LogP contribution in [0.2, 0.25) is 0 Å². The molecule has 1 aromatic heterocycles. The average Bonchev–Trinajstić information content (AvgIpc) is 2.47. The molecule has 0 aliphatic heterocycles. The highest BCUT2D eigenvalue weighted by Gasteiger charge is 2.05. The molecule has 1 heterocycles. The van der Waals surface area contributed by atoms with E-state index < -0.39 is 0 Å². The molecule has 0 amide bonds. The smallest absolute Gasteiger partial charge is 0.144 e. The molecule has 0 bridgehead atoms. The van der Waals surface area contributed by atoms with Gasteiger partial charge < -0.3 is 0 Å². The van der Waals surface area contributed by atoms with Gasteiger partial charge in [0.1, 0.15) is 5.82 Å². The van der Waals surface area contributed by atoms with E-state index in [1.807, 2.05) is 38.1 Å². The van der Waals surface area contributed by atoms with Crippen LogP contribution in [0.25, 0.3) is 10.1 Å². The molecule has 0 N–H and O–H groups in total. The third-order valence-electron chi connectivity index (χ3n) is 1.70. The summed E-state index contributed by atoms with van der Waals surface area (Å²) in [6, 6.07) is 7.54. The molecule has 0 aliphatic rings. The van der Waals surface area contributed by atoms with Crippen molar-refractivity contribution in [3.8, 4) is 0 Å². The Bertz CT molecular complexity index is 390. The third-order valence-corrected chi connectivity index (χ3v) is 2.76. The predicted octanol–water partition coefficient (Wildman–Crippen LogP) is 4.38. The fourth-order valence-electron chi connectivity index (χ4n) is 1.14. The van der Waals surface area contributed by atoms with Crippen molar-refractivity contribution in [2.75, 3.05) is 0 Å². The number of thiophene rings is 1. The second-order valence-electron chi connectivity index (χ2n) is 2.47. The van der Waals surface area contributed by atoms with Gasteiger partial charge in [0.15, 0.2) is 0 Å². The van der Waals surface area contributed by atoms with Crippen molar-refractivity contribution >= 4 is 21.4 Å². The summed E-state index contributed by atoms with van der Waals surface area (Å²) >= 11 is 1.50. The number of rotatable bonds is 0. The standard InChI is InChI=1S/C9H7FS.C2H6/c1-6-9(10)7-4-2-3-5-8(7)11-6;1-2/h2-5H,1H3;1-2H3. The summed E-state index contributed by atoms with van der Waals surface area (Å²) in [5.41, 5.74) is 0. The summed E-state index contributed by atoms with van der Waals surface area (Å²) in [6.07, 6.45) is 0. The van der Waals surface area contributed by atoms with Crippen molar-refractivity contribution < 1.29 is 4.39 Å². The zero-order valence-electron chi connectivity index (χ0n) is 8.10. The van der Waals surface area contributed by atoms with Crippen LogP contribution in [0.15, 0.2) is 24.3 Å². The van der Waals surface area contributed by atoms with Gasteiger partial charge >= 0.3 is 0 Å². The van der Waals surface area contributed by atoms with Crippen LogP contribution in [0.1, 0.15) is 18.7 Å². The number of fused-ring (bicyclic) bond motifs is 1. The number of aryl methyl sites for hydroxylation is 1. The Balaban J connectivity index is 0.000000396. The summed E-state index contributed by atoms with van der Waals surface area (Å²) < 4.78 is 14.2. The van der Waals surface area contributed by atoms with E-state index in [0.29, 0.717) is 0 Å². The zero-order valence-corrected chi connectivity index (χ0v) is 8.91. The molecule has 0 nitrogen and oxygen atoms in total. The highest BCUT2D eigenvalue weighted by atomic mass is 32.1. The van der Waals surface area contributed by atoms with E-state index >= 15 is 0 Å². The van der Waals surface area contributed by atoms with Crippen LogP contribution in [-0.4, -0.2) is 0 Å². The second kappa shape index (κ2) is 4.38. The lowest BCUT2D eigenvalue weighted by atomic mass is 10.2. The van der Waals surface area contributed by atoms with E-state index in [4.69, 9.17) is 0 Å². The molecule has 2 rings (SSSR count). The lowest BCUT2D eigenvalue weighted by Crippen LogP contribution is -1.69. The normalized spacial score (nSPS) is 9.54. The van der Waals surface area contributed by atoms with Crippen LogP contribution in [0.3, 0.4) is 0 Å². The minimum Gasteiger partial charge on any atom is -0.205 e. The quantitative estimate of drug-likeness (QED) is 0.586. The Morgan fingerprint density at radius 1 is 1.15 bits per heavy atom. The monoisotopic (exact) mass is 196 g/mol. The van der Waals surface area contributed by atoms with Gasteiger partial charge in [0.05, 0.1) is 0 Å². The minimum absolute atomic E-state index is 0.0643. The maximum atomic E-state index is 13.2. The Labute approximate surface area is 82.0 Å². The average molecular weight is 196 g/mol. The first-order chi connectivity index (χ1) is 6.29. The topological polar surface area (TPSA) is 0 Å². The van der Waals surface area contributed by atoms with Crippen LogP contribution in [0.5, 0.6) is 0 Å². The van der Waals surface area contributed by atoms with Gasteiger partial charge in [-0.25, -0.2) is 4.39 Å². The maximum absolute atomic E-state index is 13.2. The lowest BCUT2D eigenvalue weighted by Gasteiger charge is -1.85. The highest BCUT2D eigenvalue weighted by molar-refractivity contribution is 7.19. The molecule has 0 fully saturated rings. The van der Waals surface area contributed by atoms with E-state index in [9.17, 15) is 4.39 Å². The first-order valence-corrected chi connectivity index (χ1v) is 5.24. The molecule has 1 aromatic carbocycles. The fraction of sp³-hybridized carbons (Fsp3) is 0.273. The van der Waals surface area contributed by atoms with Crippen molar-refractivity contribution in [1.29, 1.82) is 0 Å². The van der Waals surface area contributed by atoms with Gasteiger partial charge in [-0.3, -0.25) is 0 Å². The van der Waals surface area contributed by atoms with E-state index in [1.54, 1.807) is 6.92 Å². The number of hydrogen-bond donors (Lipinski definition) is 0. The van der Waals surface area contributed by atoms with Crippen LogP contribution >= 0.6 is 11.3 Å². The summed E-state index contributed by atoms with van der Waals surface area (Å²) in [5, 5.41) is 0.745. The first kappa shape index (κ1) is 10.2. The van der Waals surface area contributed by atoms with Gasteiger partial charge in [-0.15, -0.1) is 11.3 Å². The number of benzene rings is 1. The molecule has 0 atom stereocenters. The van der Waals surface area contributed by atoms with Gasteiger partial charge in [0.25, 0.3) is 0 Å². The van der Waals surface area contributed by atoms with Gasteiger partial charge in [0, 0.05) is 15.0 Å². The van der Waals surface area contributed by atoms with Gasteiger partial charge in [-0.1, -0.05) is 32.0 Å². The molecule has 0 aliphatic carbocycles. The van der Waals surface area contributed by atoms with Gasteiger partial charge in [-0.05, 0) is 13.0 Å². The van der Waals surface area contributed by atoms with Gasteiger partial charge in [0.2, 0.25) is 0 Å². The van der Waals surface area contributed by atoms with Crippen molar-refractivity contribution in [3.05, 3.63) is 35.0 Å². The Morgan fingerprint density at radius 3 is 2.38 bits per heavy atom. The molecule has 0 unspecified atom stereocenters. The largest absolute Gasteiger partial charge is 0.205 e. The van der Waals surface area contributed by atoms with Crippen LogP contribution in [-0.2, 0) is 0 Å². The maximum Gasteiger partial charge on any atom is 0.144 e. The molecule has 70 valence electrons. The van der Waals surface area contributed by atoms with Crippen molar-refractivity contribution in [3.63, 3.8) is 0 Å². The third kappa shape index (κ3) is 1.89. The summed E-state index contributed by atoms with van der Waals surface area (Å²) in [7, 11) is 0. The Morgan fingerprint density at radius 2 is 1.77 bits per heavy atom. The molecular weight excluding hydrogens is 183 g/mol. The molecule has 0 spiro atoms. The van der Waals surface area contributed by atoms with Crippen LogP contribution in [0, 0.1) is 12.7 Å². The lowest BCUT2D eigenvalue weighted by molar-refractivity contribution is 0.636. The number of halogens is 1. The predicted molar refractivity (Wildman–Crippen MR) is 57.9 cm³/mol. The van der Waals surface area contributed by atoms with Crippen molar-refractivity contribution in [1.82, 2.24) is 0 Å². The van der Waals surface area contributed by atoms with E-state index in [2.05, 4.69) is 0 Å². The molecule has 2 heteroatoms. The van der Waals surface area contributed by atoms with E-state index in [0.717, 1.165) is 15.0 Å². The molecule has 13 heavy (non-hydrogen) atoms. The highest BCUT2D eigenvalue weighted by Crippen LogP contribution is 2.28. The molecule has 0 radical (unpaired) electrons. The first-order valence-electron chi connectivity index (χ1n) is 4.42. The molecule has 0 saturated carbocycles. The van der Waals surface area contributed by atoms with Gasteiger partial charge in [-0.2, -0.15) is 0 Å². The summed E-state index contributed by atoms with van der Waals surface area (Å²) in [4.78, 5) is 0.770. The summed E-state index contributed by atoms with van der Waals surface area (Å²) in [6.45, 7) is 5.81. The fourth-order valence-corrected chi connectivity index (χ4v) is 2.08. The SMILES string of the molecule is CC.Cc1sc2ccccc2c1F. The van der Waals surface area contributed by atoms with Crippen molar-refractivity contribution in [2.45, 2.75) is 20.8 Å². The molecular formula is C11H13FS. The molecule has 0 saturated heterocycles. The zero-order chi connectivity index (χ0) is 9.84. The Kier molecular flexibility index (Phi) is 3.43. The second-order valence-corrected chi connectivity index (χ2v) is 3.72. The number of hydrogen-bond acceptors (Lipinski definition) is 1. The summed E-state index contributed by atoms with van der Waals surface area (Å²) in [5.74, 6) is -0.0643. The van der Waals surface area contributed by atoms with Crippen molar-refractivity contribution in [2.24, 2.45) is 0 Å². The molecule has 2 aromatic rings. The van der Waals surface area contributed by atoms with E-state index in [-0.39, 0.29) is 5.82 Å². The Hall–Kier alpha value is -0.890. The minimum atomic E-state index is -0.0643. The van der Waals surface area contributed by atoms with Crippen LogP contribution < -0.4 is 0 Å².